The number of ketones is 1. The Bertz CT molecular complexity index is 1240. The molecular formula is C30H34N4O. The maximum absolute atomic E-state index is 12.0. The van der Waals surface area contributed by atoms with E-state index in [4.69, 9.17) is 0 Å². The first-order valence-corrected chi connectivity index (χ1v) is 12.6. The minimum Gasteiger partial charge on any atom is -0.348 e. The summed E-state index contributed by atoms with van der Waals surface area (Å²) in [5, 5.41) is 0. The Balaban J connectivity index is 0.000000155. The van der Waals surface area contributed by atoms with E-state index in [1.165, 1.54) is 31.4 Å². The molecule has 180 valence electrons. The van der Waals surface area contributed by atoms with Gasteiger partial charge in [0, 0.05) is 29.4 Å². The van der Waals surface area contributed by atoms with Crippen molar-refractivity contribution in [2.45, 2.75) is 52.4 Å². The van der Waals surface area contributed by atoms with Crippen LogP contribution in [0, 0.1) is 5.92 Å². The molecule has 2 N–H and O–H groups in total. The number of H-pyrrole nitrogens is 2. The van der Waals surface area contributed by atoms with Crippen LogP contribution in [0.5, 0.6) is 0 Å². The second-order valence-electron chi connectivity index (χ2n) is 8.85. The Morgan fingerprint density at radius 3 is 2.34 bits per heavy atom. The lowest BCUT2D eigenvalue weighted by atomic mass is 9.93. The van der Waals surface area contributed by atoms with Crippen molar-refractivity contribution in [2.75, 3.05) is 0 Å². The Kier molecular flexibility index (Phi) is 8.44. The second-order valence-corrected chi connectivity index (χ2v) is 8.85. The van der Waals surface area contributed by atoms with Crippen LogP contribution < -0.4 is 0 Å². The predicted octanol–water partition coefficient (Wildman–Crippen LogP) is 6.41. The van der Waals surface area contributed by atoms with Gasteiger partial charge < -0.3 is 9.97 Å². The fraction of sp³-hybridized carbons (Fsp3) is 0.300. The van der Waals surface area contributed by atoms with Crippen molar-refractivity contribution in [3.05, 3.63) is 113 Å². The molecule has 2 aromatic carbocycles. The molecule has 0 saturated heterocycles. The van der Waals surface area contributed by atoms with Gasteiger partial charge >= 0.3 is 0 Å². The molecule has 2 heterocycles. The van der Waals surface area contributed by atoms with Crippen molar-refractivity contribution in [1.29, 1.82) is 0 Å². The Morgan fingerprint density at radius 1 is 0.914 bits per heavy atom. The number of hydrogen-bond acceptors (Lipinski definition) is 3. The minimum atomic E-state index is 0.130. The summed E-state index contributed by atoms with van der Waals surface area (Å²) in [4.78, 5) is 26.2. The van der Waals surface area contributed by atoms with E-state index in [1.54, 1.807) is 30.0 Å². The maximum Gasteiger partial charge on any atom is 0.189 e. The molecule has 4 aromatic rings. The summed E-state index contributed by atoms with van der Waals surface area (Å²) in [5.74, 6) is 0.893. The molecule has 0 fully saturated rings. The second kappa shape index (κ2) is 12.1. The number of rotatable bonds is 3. The van der Waals surface area contributed by atoms with Gasteiger partial charge in [-0.25, -0.2) is 9.97 Å². The number of benzene rings is 2. The van der Waals surface area contributed by atoms with Crippen LogP contribution in [0.4, 0.5) is 0 Å². The number of aromatic amines is 2. The first kappa shape index (κ1) is 24.4. The lowest BCUT2D eigenvalue weighted by molar-refractivity contribution is 0.104. The van der Waals surface area contributed by atoms with E-state index in [-0.39, 0.29) is 5.78 Å². The van der Waals surface area contributed by atoms with Gasteiger partial charge in [0.15, 0.2) is 5.78 Å². The van der Waals surface area contributed by atoms with Gasteiger partial charge in [0.2, 0.25) is 0 Å². The zero-order valence-electron chi connectivity index (χ0n) is 20.6. The molecule has 1 unspecified atom stereocenters. The average Bonchev–Trinajstić information content (AvgIpc) is 3.63. The average molecular weight is 467 g/mol. The standard InChI is InChI=1S/C15H18N2.C13H10N2O.C2H6/c1-2-6-14-8-12(4-3-7-13(14)5-1)9-15-10-16-11-17-15;16-13-10(6-11-7-14-8-15-11)5-9-3-1-2-4-12(9)13;1-2/h1-2,5-6,10-12H,3-4,7-9H2,(H,16,17);1-4,6-8H,5H2,(H,14,15);1-2H3/b;10-6+;. The summed E-state index contributed by atoms with van der Waals surface area (Å²) < 4.78 is 0. The molecular weight excluding hydrogens is 432 g/mol. The minimum absolute atomic E-state index is 0.130. The number of nitrogens with one attached hydrogen (secondary N) is 2. The quantitative estimate of drug-likeness (QED) is 0.271. The smallest absolute Gasteiger partial charge is 0.189 e. The topological polar surface area (TPSA) is 74.4 Å². The highest BCUT2D eigenvalue weighted by molar-refractivity contribution is 6.15. The van der Waals surface area contributed by atoms with Crippen LogP contribution in [0.3, 0.4) is 0 Å². The van der Waals surface area contributed by atoms with E-state index in [2.05, 4.69) is 44.2 Å². The lowest BCUT2D eigenvalue weighted by Gasteiger charge is -2.13. The molecule has 0 radical (unpaired) electrons. The zero-order chi connectivity index (χ0) is 24.5. The van der Waals surface area contributed by atoms with Gasteiger partial charge in [0.1, 0.15) is 0 Å². The van der Waals surface area contributed by atoms with Crippen molar-refractivity contribution in [3.63, 3.8) is 0 Å². The van der Waals surface area contributed by atoms with Gasteiger partial charge in [-0.15, -0.1) is 0 Å². The van der Waals surface area contributed by atoms with E-state index < -0.39 is 0 Å². The summed E-state index contributed by atoms with van der Waals surface area (Å²) in [6, 6.07) is 16.6. The molecule has 0 bridgehead atoms. The van der Waals surface area contributed by atoms with Crippen molar-refractivity contribution in [1.82, 2.24) is 19.9 Å². The molecule has 2 aliphatic carbocycles. The van der Waals surface area contributed by atoms with E-state index in [9.17, 15) is 4.79 Å². The van der Waals surface area contributed by atoms with Crippen molar-refractivity contribution < 1.29 is 4.79 Å². The SMILES string of the molecule is CC.O=C1/C(=C/c2cnc[nH]2)Cc2ccccc21.c1ccc2c(c1)CCCC(Cc1cnc[nH]1)C2. The van der Waals surface area contributed by atoms with Gasteiger partial charge in [-0.05, 0) is 60.8 Å². The molecule has 5 heteroatoms. The van der Waals surface area contributed by atoms with Gasteiger partial charge in [-0.3, -0.25) is 4.79 Å². The predicted molar refractivity (Wildman–Crippen MR) is 141 cm³/mol. The van der Waals surface area contributed by atoms with Crippen molar-refractivity contribution in [2.24, 2.45) is 5.92 Å². The number of carbonyl (C=O) groups excluding carboxylic acids is 1. The molecule has 0 saturated carbocycles. The first-order valence-electron chi connectivity index (χ1n) is 12.6. The maximum atomic E-state index is 12.0. The normalized spacial score (nSPS) is 17.4. The zero-order valence-corrected chi connectivity index (χ0v) is 20.6. The molecule has 0 amide bonds. The van der Waals surface area contributed by atoms with Crippen molar-refractivity contribution in [3.8, 4) is 0 Å². The summed E-state index contributed by atoms with van der Waals surface area (Å²) in [5.41, 5.74) is 8.01. The third kappa shape index (κ3) is 6.24. The van der Waals surface area contributed by atoms with Crippen LogP contribution in [-0.2, 0) is 25.7 Å². The van der Waals surface area contributed by atoms with Gasteiger partial charge in [-0.1, -0.05) is 62.4 Å². The van der Waals surface area contributed by atoms with Crippen LogP contribution in [-0.4, -0.2) is 25.7 Å². The number of fused-ring (bicyclic) bond motifs is 2. The number of nitrogens with zero attached hydrogens (tertiary/aromatic N) is 2. The lowest BCUT2D eigenvalue weighted by Crippen LogP contribution is -2.07. The molecule has 35 heavy (non-hydrogen) atoms. The third-order valence-electron chi connectivity index (χ3n) is 6.53. The fourth-order valence-electron chi connectivity index (χ4n) is 4.88. The van der Waals surface area contributed by atoms with Crippen LogP contribution in [0.15, 0.2) is 79.2 Å². The highest BCUT2D eigenvalue weighted by atomic mass is 16.1. The number of imidazole rings is 2. The summed E-state index contributed by atoms with van der Waals surface area (Å²) >= 11 is 0. The molecule has 0 spiro atoms. The fourth-order valence-corrected chi connectivity index (χ4v) is 4.88. The van der Waals surface area contributed by atoms with E-state index >= 15 is 0 Å². The van der Waals surface area contributed by atoms with Gasteiger partial charge in [0.05, 0.1) is 24.5 Å². The summed E-state index contributed by atoms with van der Waals surface area (Å²) in [6.45, 7) is 4.00. The first-order chi connectivity index (χ1) is 17.3. The molecule has 5 nitrogen and oxygen atoms in total. The van der Waals surface area contributed by atoms with Crippen LogP contribution in [0.25, 0.3) is 6.08 Å². The van der Waals surface area contributed by atoms with Gasteiger partial charge in [0.25, 0.3) is 0 Å². The van der Waals surface area contributed by atoms with Crippen molar-refractivity contribution >= 4 is 11.9 Å². The molecule has 2 aliphatic rings. The molecule has 6 rings (SSSR count). The number of aromatic nitrogens is 4. The molecule has 1 atom stereocenters. The van der Waals surface area contributed by atoms with Crippen LogP contribution in [0.2, 0.25) is 0 Å². The number of aryl methyl sites for hydroxylation is 1. The number of carbonyl (C=O) groups is 1. The van der Waals surface area contributed by atoms with Crippen LogP contribution >= 0.6 is 0 Å². The monoisotopic (exact) mass is 466 g/mol. The molecule has 2 aromatic heterocycles. The highest BCUT2D eigenvalue weighted by Gasteiger charge is 2.24. The summed E-state index contributed by atoms with van der Waals surface area (Å²) in [7, 11) is 0. The highest BCUT2D eigenvalue weighted by Crippen LogP contribution is 2.27. The number of hydrogen-bond donors (Lipinski definition) is 2. The Morgan fingerprint density at radius 2 is 1.63 bits per heavy atom. The third-order valence-corrected chi connectivity index (χ3v) is 6.53. The number of allylic oxidation sites excluding steroid dienone is 1. The number of Topliss-reactive ketones (excluding diaryl/α,β-unsaturated/α-hetero) is 1. The van der Waals surface area contributed by atoms with E-state index in [1.807, 2.05) is 50.4 Å². The van der Waals surface area contributed by atoms with Crippen LogP contribution in [0.1, 0.15) is 65.1 Å². The van der Waals surface area contributed by atoms with E-state index in [0.29, 0.717) is 6.42 Å². The Labute approximate surface area is 207 Å². The van der Waals surface area contributed by atoms with Gasteiger partial charge in [-0.2, -0.15) is 0 Å². The largest absolute Gasteiger partial charge is 0.348 e. The summed E-state index contributed by atoms with van der Waals surface area (Å²) in [6.07, 6.45) is 15.9. The van der Waals surface area contributed by atoms with E-state index in [0.717, 1.165) is 34.7 Å². The molecule has 0 aliphatic heterocycles. The Hall–Kier alpha value is -3.73.